The first-order valence-electron chi connectivity index (χ1n) is 3.07. The van der Waals surface area contributed by atoms with E-state index in [-0.39, 0.29) is 0 Å². The van der Waals surface area contributed by atoms with Crippen molar-refractivity contribution in [2.45, 2.75) is 4.90 Å². The molecule has 0 unspecified atom stereocenters. The molecule has 0 aliphatic carbocycles. The van der Waals surface area contributed by atoms with Crippen LogP contribution in [0.3, 0.4) is 0 Å². The number of nitrogens with one attached hydrogen (secondary N) is 1. The van der Waals surface area contributed by atoms with Gasteiger partial charge >= 0.3 is 0 Å². The van der Waals surface area contributed by atoms with E-state index in [1.807, 2.05) is 6.26 Å². The highest BCUT2D eigenvalue weighted by atomic mass is 32.2. The Hall–Kier alpha value is -1.03. The molecule has 1 heterocycles. The van der Waals surface area contributed by atoms with E-state index < -0.39 is 0 Å². The van der Waals surface area contributed by atoms with E-state index in [4.69, 9.17) is 11.1 Å². The van der Waals surface area contributed by atoms with E-state index in [2.05, 4.69) is 4.98 Å². The molecule has 11 heavy (non-hydrogen) atoms. The van der Waals surface area contributed by atoms with Crippen molar-refractivity contribution in [3.05, 3.63) is 18.0 Å². The van der Waals surface area contributed by atoms with Crippen LogP contribution in [-0.2, 0) is 0 Å². The van der Waals surface area contributed by atoms with Crippen LogP contribution >= 0.6 is 11.8 Å². The van der Waals surface area contributed by atoms with Gasteiger partial charge < -0.3 is 11.1 Å². The average molecular weight is 167 g/mol. The van der Waals surface area contributed by atoms with Crippen LogP contribution in [-0.4, -0.2) is 17.5 Å². The zero-order chi connectivity index (χ0) is 8.27. The summed E-state index contributed by atoms with van der Waals surface area (Å²) in [7, 11) is 0. The quantitative estimate of drug-likeness (QED) is 0.516. The fourth-order valence-electron chi connectivity index (χ4n) is 0.744. The molecule has 3 nitrogen and oxygen atoms in total. The molecule has 0 aliphatic heterocycles. The Labute approximate surface area is 69.5 Å². The van der Waals surface area contributed by atoms with Crippen molar-refractivity contribution in [2.75, 3.05) is 12.0 Å². The summed E-state index contributed by atoms with van der Waals surface area (Å²) in [6.45, 7) is 0. The molecule has 1 rings (SSSR count). The Bertz CT molecular complexity index is 272. The van der Waals surface area contributed by atoms with E-state index in [0.29, 0.717) is 11.3 Å². The number of rotatable bonds is 2. The first kappa shape index (κ1) is 8.07. The van der Waals surface area contributed by atoms with E-state index in [1.165, 1.54) is 18.0 Å². The summed E-state index contributed by atoms with van der Waals surface area (Å²) >= 11 is 1.53. The number of nitrogen functional groups attached to an aromatic ring is 1. The van der Waals surface area contributed by atoms with Gasteiger partial charge in [0.15, 0.2) is 0 Å². The van der Waals surface area contributed by atoms with Gasteiger partial charge in [-0.25, -0.2) is 0 Å². The largest absolute Gasteiger partial charge is 0.397 e. The van der Waals surface area contributed by atoms with Gasteiger partial charge in [-0.3, -0.25) is 4.98 Å². The van der Waals surface area contributed by atoms with Crippen LogP contribution < -0.4 is 5.73 Å². The number of hydrogen-bond donors (Lipinski definition) is 2. The number of anilines is 1. The van der Waals surface area contributed by atoms with Gasteiger partial charge in [-0.15, -0.1) is 11.8 Å². The van der Waals surface area contributed by atoms with Crippen molar-refractivity contribution < 1.29 is 0 Å². The molecule has 3 N–H and O–H groups in total. The van der Waals surface area contributed by atoms with Crippen LogP contribution in [0.5, 0.6) is 0 Å². The van der Waals surface area contributed by atoms with Crippen LogP contribution in [0.15, 0.2) is 17.3 Å². The van der Waals surface area contributed by atoms with Crippen molar-refractivity contribution in [3.8, 4) is 0 Å². The highest BCUT2D eigenvalue weighted by Crippen LogP contribution is 2.23. The van der Waals surface area contributed by atoms with Gasteiger partial charge in [0, 0.05) is 29.1 Å². The molecule has 0 atom stereocenters. The molecule has 0 aliphatic rings. The molecule has 1 aromatic heterocycles. The Morgan fingerprint density at radius 2 is 2.36 bits per heavy atom. The molecular weight excluding hydrogens is 158 g/mol. The molecule has 58 valence electrons. The number of thioether (sulfide) groups is 1. The number of nitrogens with two attached hydrogens (primary N) is 1. The fraction of sp³-hybridized carbons (Fsp3) is 0.143. The molecular formula is C7H9N3S. The molecule has 0 fully saturated rings. The lowest BCUT2D eigenvalue weighted by Crippen LogP contribution is -1.95. The summed E-state index contributed by atoms with van der Waals surface area (Å²) in [4.78, 5) is 4.86. The highest BCUT2D eigenvalue weighted by Gasteiger charge is 2.00. The lowest BCUT2D eigenvalue weighted by atomic mass is 10.2. The SMILES string of the molecule is CSc1cncc(C=N)c1N. The lowest BCUT2D eigenvalue weighted by Gasteiger charge is -2.02. The summed E-state index contributed by atoms with van der Waals surface area (Å²) in [5, 5.41) is 7.00. The van der Waals surface area contributed by atoms with Crippen LogP contribution in [0.25, 0.3) is 0 Å². The third kappa shape index (κ3) is 1.51. The molecule has 0 amide bonds. The zero-order valence-electron chi connectivity index (χ0n) is 6.16. The molecule has 1 aromatic rings. The Balaban J connectivity index is 3.20. The first-order valence-corrected chi connectivity index (χ1v) is 4.30. The van der Waals surface area contributed by atoms with Gasteiger partial charge in [0.25, 0.3) is 0 Å². The molecule has 0 bridgehead atoms. The van der Waals surface area contributed by atoms with Gasteiger partial charge in [0.05, 0.1) is 5.69 Å². The van der Waals surface area contributed by atoms with Gasteiger partial charge in [-0.05, 0) is 6.26 Å². The number of pyridine rings is 1. The minimum Gasteiger partial charge on any atom is -0.397 e. The van der Waals surface area contributed by atoms with Gasteiger partial charge in [-0.1, -0.05) is 0 Å². The van der Waals surface area contributed by atoms with Crippen molar-refractivity contribution in [1.82, 2.24) is 4.98 Å². The second-order valence-corrected chi connectivity index (χ2v) is 2.84. The van der Waals surface area contributed by atoms with Crippen molar-refractivity contribution in [2.24, 2.45) is 0 Å². The van der Waals surface area contributed by atoms with Crippen LogP contribution in [0.1, 0.15) is 5.56 Å². The summed E-state index contributed by atoms with van der Waals surface area (Å²) in [5.41, 5.74) is 7.01. The Morgan fingerprint density at radius 1 is 1.64 bits per heavy atom. The topological polar surface area (TPSA) is 62.8 Å². The maximum Gasteiger partial charge on any atom is 0.0572 e. The smallest absolute Gasteiger partial charge is 0.0572 e. The summed E-state index contributed by atoms with van der Waals surface area (Å²) in [6, 6.07) is 0. The molecule has 4 heteroatoms. The summed E-state index contributed by atoms with van der Waals surface area (Å²) in [6.07, 6.45) is 6.43. The maximum absolute atomic E-state index is 7.00. The Kier molecular flexibility index (Phi) is 2.48. The minimum absolute atomic E-state index is 0.641. The first-order chi connectivity index (χ1) is 5.29. The van der Waals surface area contributed by atoms with E-state index >= 15 is 0 Å². The number of hydrogen-bond acceptors (Lipinski definition) is 4. The standard InChI is InChI=1S/C7H9N3S/c1-11-6-4-10-3-5(2-8)7(6)9/h2-4,8H,1H3,(H2,9,10). The Morgan fingerprint density at radius 3 is 2.91 bits per heavy atom. The maximum atomic E-state index is 7.00. The molecule has 0 saturated carbocycles. The van der Waals surface area contributed by atoms with Crippen molar-refractivity contribution >= 4 is 23.7 Å². The van der Waals surface area contributed by atoms with E-state index in [9.17, 15) is 0 Å². The lowest BCUT2D eigenvalue weighted by molar-refractivity contribution is 1.24. The molecule has 0 spiro atoms. The number of nitrogens with zero attached hydrogens (tertiary/aromatic N) is 1. The van der Waals surface area contributed by atoms with Crippen LogP contribution in [0, 0.1) is 5.41 Å². The molecule has 0 saturated heterocycles. The summed E-state index contributed by atoms with van der Waals surface area (Å²) < 4.78 is 0. The van der Waals surface area contributed by atoms with Gasteiger partial charge in [-0.2, -0.15) is 0 Å². The third-order valence-electron chi connectivity index (χ3n) is 1.36. The van der Waals surface area contributed by atoms with Crippen molar-refractivity contribution in [3.63, 3.8) is 0 Å². The van der Waals surface area contributed by atoms with Crippen LogP contribution in [0.4, 0.5) is 5.69 Å². The number of aromatic nitrogens is 1. The monoisotopic (exact) mass is 167 g/mol. The van der Waals surface area contributed by atoms with E-state index in [1.54, 1.807) is 12.4 Å². The minimum atomic E-state index is 0.641. The zero-order valence-corrected chi connectivity index (χ0v) is 6.98. The molecule has 0 aromatic carbocycles. The van der Waals surface area contributed by atoms with Gasteiger partial charge in [0.2, 0.25) is 0 Å². The predicted molar refractivity (Wildman–Crippen MR) is 48.3 cm³/mol. The normalized spacial score (nSPS) is 9.55. The predicted octanol–water partition coefficient (Wildman–Crippen LogP) is 1.38. The van der Waals surface area contributed by atoms with Gasteiger partial charge in [0.1, 0.15) is 0 Å². The van der Waals surface area contributed by atoms with Crippen LogP contribution in [0.2, 0.25) is 0 Å². The van der Waals surface area contributed by atoms with Crippen molar-refractivity contribution in [1.29, 1.82) is 5.41 Å². The second kappa shape index (κ2) is 3.39. The average Bonchev–Trinajstić information content (AvgIpc) is 2.05. The highest BCUT2D eigenvalue weighted by molar-refractivity contribution is 7.98. The second-order valence-electron chi connectivity index (χ2n) is 1.99. The third-order valence-corrected chi connectivity index (χ3v) is 2.12. The molecule has 0 radical (unpaired) electrons. The summed E-state index contributed by atoms with van der Waals surface area (Å²) in [5.74, 6) is 0. The van der Waals surface area contributed by atoms with E-state index in [0.717, 1.165) is 4.90 Å². The fourth-order valence-corrected chi connectivity index (χ4v) is 1.25.